The van der Waals surface area contributed by atoms with Crippen LogP contribution in [0.15, 0.2) is 24.3 Å². The lowest BCUT2D eigenvalue weighted by Gasteiger charge is -2.31. The minimum absolute atomic E-state index is 0.195. The van der Waals surface area contributed by atoms with Crippen molar-refractivity contribution in [3.63, 3.8) is 0 Å². The summed E-state index contributed by atoms with van der Waals surface area (Å²) >= 11 is 0. The van der Waals surface area contributed by atoms with Gasteiger partial charge in [0.15, 0.2) is 0 Å². The summed E-state index contributed by atoms with van der Waals surface area (Å²) < 4.78 is 6.28. The molecule has 2 heteroatoms. The lowest BCUT2D eigenvalue weighted by atomic mass is 9.81. The molecule has 0 aromatic heterocycles. The van der Waals surface area contributed by atoms with Gasteiger partial charge in [-0.15, -0.1) is 0 Å². The fraction of sp³-hybridized carbons (Fsp3) is 0.667. The molecule has 2 saturated carbocycles. The highest BCUT2D eigenvalue weighted by Gasteiger charge is 2.27. The molecule has 2 nitrogen and oxygen atoms in total. The zero-order chi connectivity index (χ0) is 13.8. The van der Waals surface area contributed by atoms with Crippen LogP contribution < -0.4 is 4.74 Å². The molecule has 0 saturated heterocycles. The molecule has 20 heavy (non-hydrogen) atoms. The van der Waals surface area contributed by atoms with E-state index in [0.717, 1.165) is 25.0 Å². The predicted octanol–water partition coefficient (Wildman–Crippen LogP) is 4.42. The van der Waals surface area contributed by atoms with Crippen LogP contribution in [0.2, 0.25) is 0 Å². The van der Waals surface area contributed by atoms with Crippen molar-refractivity contribution in [2.75, 3.05) is 0 Å². The van der Waals surface area contributed by atoms with Gasteiger partial charge in [0.05, 0.1) is 12.2 Å². The molecule has 0 heterocycles. The molecule has 0 bridgehead atoms. The summed E-state index contributed by atoms with van der Waals surface area (Å²) in [5.74, 6) is 1.29. The number of hydrogen-bond donors (Lipinski definition) is 1. The number of rotatable bonds is 3. The van der Waals surface area contributed by atoms with E-state index in [4.69, 9.17) is 4.74 Å². The molecule has 0 aliphatic heterocycles. The first kappa shape index (κ1) is 13.9. The number of aliphatic hydroxyl groups is 1. The van der Waals surface area contributed by atoms with Gasteiger partial charge in [0.2, 0.25) is 0 Å². The average molecular weight is 274 g/mol. The van der Waals surface area contributed by atoms with Crippen molar-refractivity contribution in [3.8, 4) is 5.75 Å². The van der Waals surface area contributed by atoms with Gasteiger partial charge in [-0.1, -0.05) is 37.5 Å². The quantitative estimate of drug-likeness (QED) is 0.884. The SMILES string of the molecule is OC1CCCCC1c1ccccc1OC1CCCCC1. The summed E-state index contributed by atoms with van der Waals surface area (Å²) in [6.07, 6.45) is 10.9. The third kappa shape index (κ3) is 3.17. The summed E-state index contributed by atoms with van der Waals surface area (Å²) in [6, 6.07) is 8.36. The zero-order valence-corrected chi connectivity index (χ0v) is 12.3. The van der Waals surface area contributed by atoms with Gasteiger partial charge in [-0.3, -0.25) is 0 Å². The molecule has 3 rings (SSSR count). The number of ether oxygens (including phenoxy) is 1. The Kier molecular flexibility index (Phi) is 4.62. The first-order valence-electron chi connectivity index (χ1n) is 8.28. The molecule has 2 unspecified atom stereocenters. The summed E-state index contributed by atoms with van der Waals surface area (Å²) in [4.78, 5) is 0. The number of benzene rings is 1. The Morgan fingerprint density at radius 1 is 0.850 bits per heavy atom. The molecule has 2 atom stereocenters. The highest BCUT2D eigenvalue weighted by Crippen LogP contribution is 2.38. The van der Waals surface area contributed by atoms with Gasteiger partial charge < -0.3 is 9.84 Å². The molecule has 0 radical (unpaired) electrons. The van der Waals surface area contributed by atoms with Crippen molar-refractivity contribution in [2.24, 2.45) is 0 Å². The molecule has 2 aliphatic rings. The molecule has 0 spiro atoms. The van der Waals surface area contributed by atoms with E-state index in [0.29, 0.717) is 6.10 Å². The maximum absolute atomic E-state index is 10.3. The van der Waals surface area contributed by atoms with Crippen molar-refractivity contribution in [2.45, 2.75) is 75.9 Å². The molecule has 1 aromatic rings. The van der Waals surface area contributed by atoms with E-state index in [1.807, 2.05) is 0 Å². The van der Waals surface area contributed by atoms with E-state index in [1.54, 1.807) is 0 Å². The van der Waals surface area contributed by atoms with Crippen molar-refractivity contribution in [1.29, 1.82) is 0 Å². The van der Waals surface area contributed by atoms with Crippen LogP contribution in [0.25, 0.3) is 0 Å². The van der Waals surface area contributed by atoms with E-state index >= 15 is 0 Å². The Morgan fingerprint density at radius 2 is 1.55 bits per heavy atom. The first-order valence-corrected chi connectivity index (χ1v) is 8.28. The monoisotopic (exact) mass is 274 g/mol. The molecule has 1 aromatic carbocycles. The maximum atomic E-state index is 10.3. The van der Waals surface area contributed by atoms with Crippen molar-refractivity contribution in [3.05, 3.63) is 29.8 Å². The van der Waals surface area contributed by atoms with Crippen LogP contribution in [0.3, 0.4) is 0 Å². The van der Waals surface area contributed by atoms with Crippen LogP contribution in [0.5, 0.6) is 5.75 Å². The maximum Gasteiger partial charge on any atom is 0.123 e. The third-order valence-corrected chi connectivity index (χ3v) is 4.89. The molecular formula is C18H26O2. The highest BCUT2D eigenvalue weighted by molar-refractivity contribution is 5.37. The lowest BCUT2D eigenvalue weighted by Crippen LogP contribution is -2.25. The highest BCUT2D eigenvalue weighted by atomic mass is 16.5. The van der Waals surface area contributed by atoms with Crippen LogP contribution in [0.4, 0.5) is 0 Å². The second-order valence-electron chi connectivity index (χ2n) is 6.37. The summed E-state index contributed by atoms with van der Waals surface area (Å²) in [5, 5.41) is 10.3. The molecule has 0 amide bonds. The summed E-state index contributed by atoms with van der Waals surface area (Å²) in [5.41, 5.74) is 1.23. The zero-order valence-electron chi connectivity index (χ0n) is 12.3. The molecule has 1 N–H and O–H groups in total. The lowest BCUT2D eigenvalue weighted by molar-refractivity contribution is 0.101. The van der Waals surface area contributed by atoms with Crippen LogP contribution in [-0.4, -0.2) is 17.3 Å². The van der Waals surface area contributed by atoms with E-state index in [2.05, 4.69) is 24.3 Å². The minimum atomic E-state index is -0.195. The Morgan fingerprint density at radius 3 is 2.35 bits per heavy atom. The van der Waals surface area contributed by atoms with Crippen LogP contribution >= 0.6 is 0 Å². The summed E-state index contributed by atoms with van der Waals surface area (Å²) in [7, 11) is 0. The third-order valence-electron chi connectivity index (χ3n) is 4.89. The van der Waals surface area contributed by atoms with Crippen LogP contribution in [-0.2, 0) is 0 Å². The Balaban J connectivity index is 1.76. The predicted molar refractivity (Wildman–Crippen MR) is 81.2 cm³/mol. The smallest absolute Gasteiger partial charge is 0.123 e. The van der Waals surface area contributed by atoms with Crippen molar-refractivity contribution < 1.29 is 9.84 Å². The van der Waals surface area contributed by atoms with Gasteiger partial charge in [0.1, 0.15) is 5.75 Å². The number of para-hydroxylation sites is 1. The van der Waals surface area contributed by atoms with Gasteiger partial charge >= 0.3 is 0 Å². The van der Waals surface area contributed by atoms with Crippen molar-refractivity contribution >= 4 is 0 Å². The normalized spacial score (nSPS) is 28.2. The second kappa shape index (κ2) is 6.62. The Bertz CT molecular complexity index is 423. The van der Waals surface area contributed by atoms with Gasteiger partial charge in [0, 0.05) is 5.92 Å². The fourth-order valence-electron chi connectivity index (χ4n) is 3.73. The van der Waals surface area contributed by atoms with Gasteiger partial charge in [-0.2, -0.15) is 0 Å². The molecule has 110 valence electrons. The molecule has 2 fully saturated rings. The van der Waals surface area contributed by atoms with Gasteiger partial charge in [0.25, 0.3) is 0 Å². The van der Waals surface area contributed by atoms with Gasteiger partial charge in [-0.25, -0.2) is 0 Å². The van der Waals surface area contributed by atoms with E-state index in [1.165, 1.54) is 44.1 Å². The molecule has 2 aliphatic carbocycles. The van der Waals surface area contributed by atoms with Crippen molar-refractivity contribution in [1.82, 2.24) is 0 Å². The topological polar surface area (TPSA) is 29.5 Å². The van der Waals surface area contributed by atoms with E-state index < -0.39 is 0 Å². The minimum Gasteiger partial charge on any atom is -0.490 e. The van der Waals surface area contributed by atoms with Gasteiger partial charge in [-0.05, 0) is 50.2 Å². The van der Waals surface area contributed by atoms with Crippen LogP contribution in [0.1, 0.15) is 69.3 Å². The average Bonchev–Trinajstić information content (AvgIpc) is 2.50. The number of aliphatic hydroxyl groups excluding tert-OH is 1. The first-order chi connectivity index (χ1) is 9.84. The van der Waals surface area contributed by atoms with E-state index in [9.17, 15) is 5.11 Å². The molecular weight excluding hydrogens is 248 g/mol. The fourth-order valence-corrected chi connectivity index (χ4v) is 3.73. The second-order valence-corrected chi connectivity index (χ2v) is 6.37. The summed E-state index contributed by atoms with van der Waals surface area (Å²) in [6.45, 7) is 0. The van der Waals surface area contributed by atoms with E-state index in [-0.39, 0.29) is 12.0 Å². The Hall–Kier alpha value is -1.02. The Labute approximate surface area is 122 Å². The largest absolute Gasteiger partial charge is 0.490 e. The van der Waals surface area contributed by atoms with Crippen LogP contribution in [0, 0.1) is 0 Å². The number of hydrogen-bond acceptors (Lipinski definition) is 2. The standard InChI is InChI=1S/C18H26O2/c19-17-12-6-4-10-15(17)16-11-5-7-13-18(16)20-14-8-2-1-3-9-14/h5,7,11,13-15,17,19H,1-4,6,8-10,12H2.